The van der Waals surface area contributed by atoms with E-state index >= 15 is 0 Å². The van der Waals surface area contributed by atoms with Crippen LogP contribution in [-0.2, 0) is 5.33 Å². The van der Waals surface area contributed by atoms with Crippen LogP contribution in [0.15, 0.2) is 22.7 Å². The summed E-state index contributed by atoms with van der Waals surface area (Å²) in [6, 6.07) is 7.25. The zero-order valence-corrected chi connectivity index (χ0v) is 14.9. The average Bonchev–Trinajstić information content (AvgIpc) is 2.85. The van der Waals surface area contributed by atoms with Gasteiger partial charge in [0.25, 0.3) is 0 Å². The maximum atomic E-state index is 3.59. The minimum Gasteiger partial charge on any atom is -0.373 e. The number of rotatable bonds is 5. The highest BCUT2D eigenvalue weighted by Crippen LogP contribution is 2.27. The Morgan fingerprint density at radius 1 is 1.42 bits per heavy atom. The van der Waals surface area contributed by atoms with Crippen LogP contribution in [0.3, 0.4) is 0 Å². The Balaban J connectivity index is 2.09. The normalized spacial score (nSPS) is 19.9. The third-order valence-corrected chi connectivity index (χ3v) is 5.08. The van der Waals surface area contributed by atoms with Crippen LogP contribution >= 0.6 is 31.9 Å². The van der Waals surface area contributed by atoms with E-state index in [1.54, 1.807) is 0 Å². The van der Waals surface area contributed by atoms with Crippen molar-refractivity contribution in [3.05, 3.63) is 28.2 Å². The number of nitrogens with zero attached hydrogens (tertiary/aromatic N) is 2. The summed E-state index contributed by atoms with van der Waals surface area (Å²) < 4.78 is 1.15. The number of alkyl halides is 1. The van der Waals surface area contributed by atoms with Gasteiger partial charge < -0.3 is 4.90 Å². The van der Waals surface area contributed by atoms with Gasteiger partial charge in [0.15, 0.2) is 0 Å². The van der Waals surface area contributed by atoms with Crippen LogP contribution < -0.4 is 4.90 Å². The van der Waals surface area contributed by atoms with Gasteiger partial charge in [0.1, 0.15) is 0 Å². The first-order chi connectivity index (χ1) is 9.15. The number of halogens is 2. The number of hydrogen-bond donors (Lipinski definition) is 0. The van der Waals surface area contributed by atoms with Crippen LogP contribution in [0.25, 0.3) is 0 Å². The quantitative estimate of drug-likeness (QED) is 0.694. The van der Waals surface area contributed by atoms with Gasteiger partial charge in [-0.2, -0.15) is 0 Å². The molecule has 2 rings (SSSR count). The van der Waals surface area contributed by atoms with Gasteiger partial charge in [-0.15, -0.1) is 0 Å². The van der Waals surface area contributed by atoms with E-state index in [-0.39, 0.29) is 0 Å². The predicted molar refractivity (Wildman–Crippen MR) is 90.3 cm³/mol. The summed E-state index contributed by atoms with van der Waals surface area (Å²) in [4.78, 5) is 5.00. The molecule has 1 aliphatic heterocycles. The van der Waals surface area contributed by atoms with Crippen LogP contribution in [-0.4, -0.2) is 37.6 Å². The Morgan fingerprint density at radius 3 is 2.89 bits per heavy atom. The number of anilines is 1. The van der Waals surface area contributed by atoms with Crippen LogP contribution in [0.1, 0.15) is 25.3 Å². The van der Waals surface area contributed by atoms with Crippen molar-refractivity contribution in [2.75, 3.05) is 31.6 Å². The predicted octanol–water partition coefficient (Wildman–Crippen LogP) is 4.26. The lowest BCUT2D eigenvalue weighted by molar-refractivity contribution is 0.270. The summed E-state index contributed by atoms with van der Waals surface area (Å²) in [6.07, 6.45) is 2.68. The fourth-order valence-electron chi connectivity index (χ4n) is 2.97. The lowest BCUT2D eigenvalue weighted by atomic mass is 10.1. The first-order valence-electron chi connectivity index (χ1n) is 6.95. The SMILES string of the molecule is CCN1CCCC1CN(C)c1ccc(Br)cc1CBr. The van der Waals surface area contributed by atoms with Crippen molar-refractivity contribution in [2.45, 2.75) is 31.1 Å². The molecule has 1 aromatic carbocycles. The standard InChI is InChI=1S/C15H22Br2N2/c1-3-19-8-4-5-14(19)11-18(2)15-7-6-13(17)9-12(15)10-16/h6-7,9,14H,3-5,8,10-11H2,1-2H3. The topological polar surface area (TPSA) is 6.48 Å². The van der Waals surface area contributed by atoms with Crippen molar-refractivity contribution in [1.29, 1.82) is 0 Å². The molecule has 0 saturated carbocycles. The number of hydrogen-bond acceptors (Lipinski definition) is 2. The molecule has 1 fully saturated rings. The highest BCUT2D eigenvalue weighted by Gasteiger charge is 2.24. The Morgan fingerprint density at radius 2 is 2.21 bits per heavy atom. The average molecular weight is 390 g/mol. The van der Waals surface area contributed by atoms with E-state index in [2.05, 4.69) is 73.8 Å². The molecule has 1 unspecified atom stereocenters. The molecule has 106 valence electrons. The Kier molecular flexibility index (Phi) is 5.72. The molecule has 1 atom stereocenters. The van der Waals surface area contributed by atoms with Crippen LogP contribution in [0.4, 0.5) is 5.69 Å². The second kappa shape index (κ2) is 7.09. The van der Waals surface area contributed by atoms with Crippen LogP contribution in [0.5, 0.6) is 0 Å². The second-order valence-corrected chi connectivity index (χ2v) is 6.69. The van der Waals surface area contributed by atoms with Crippen LogP contribution in [0.2, 0.25) is 0 Å². The molecule has 0 N–H and O–H groups in total. The number of likely N-dealkylation sites (tertiary alicyclic amines) is 1. The van der Waals surface area contributed by atoms with Crippen molar-refractivity contribution >= 4 is 37.5 Å². The molecule has 0 aliphatic carbocycles. The maximum Gasteiger partial charge on any atom is 0.0406 e. The molecule has 0 aromatic heterocycles. The molecular formula is C15H22Br2N2. The zero-order chi connectivity index (χ0) is 13.8. The second-order valence-electron chi connectivity index (χ2n) is 5.21. The molecule has 0 spiro atoms. The third-order valence-electron chi connectivity index (χ3n) is 3.99. The fourth-order valence-corrected chi connectivity index (χ4v) is 3.82. The first kappa shape index (κ1) is 15.3. The molecular weight excluding hydrogens is 368 g/mol. The van der Waals surface area contributed by atoms with Gasteiger partial charge in [0, 0.05) is 35.1 Å². The summed E-state index contributed by atoms with van der Waals surface area (Å²) in [5.74, 6) is 0. The van der Waals surface area contributed by atoms with Gasteiger partial charge in [-0.25, -0.2) is 0 Å². The maximum absolute atomic E-state index is 3.59. The van der Waals surface area contributed by atoms with Gasteiger partial charge in [-0.1, -0.05) is 38.8 Å². The van der Waals surface area contributed by atoms with E-state index in [0.29, 0.717) is 6.04 Å². The van der Waals surface area contributed by atoms with Gasteiger partial charge in [-0.3, -0.25) is 4.90 Å². The Labute approximate surface area is 133 Å². The zero-order valence-electron chi connectivity index (χ0n) is 11.7. The van der Waals surface area contributed by atoms with Crippen molar-refractivity contribution in [2.24, 2.45) is 0 Å². The van der Waals surface area contributed by atoms with Gasteiger partial charge in [-0.05, 0) is 49.7 Å². The lowest BCUT2D eigenvalue weighted by Gasteiger charge is -2.30. The number of benzene rings is 1. The summed E-state index contributed by atoms with van der Waals surface area (Å²) >= 11 is 7.14. The van der Waals surface area contributed by atoms with Crippen molar-refractivity contribution in [3.63, 3.8) is 0 Å². The molecule has 1 saturated heterocycles. The van der Waals surface area contributed by atoms with Gasteiger partial charge in [0.05, 0.1) is 0 Å². The summed E-state index contributed by atoms with van der Waals surface area (Å²) in [6.45, 7) is 5.82. The van der Waals surface area contributed by atoms with E-state index in [4.69, 9.17) is 0 Å². The molecule has 1 heterocycles. The smallest absolute Gasteiger partial charge is 0.0406 e. The molecule has 2 nitrogen and oxygen atoms in total. The van der Waals surface area contributed by atoms with E-state index in [9.17, 15) is 0 Å². The molecule has 1 aromatic rings. The van der Waals surface area contributed by atoms with E-state index in [1.165, 1.54) is 37.2 Å². The Hall–Kier alpha value is -0.0600. The third kappa shape index (κ3) is 3.73. The van der Waals surface area contributed by atoms with Crippen molar-refractivity contribution < 1.29 is 0 Å². The first-order valence-corrected chi connectivity index (χ1v) is 8.86. The van der Waals surface area contributed by atoms with E-state index in [1.807, 2.05) is 0 Å². The molecule has 0 amide bonds. The molecule has 0 radical (unpaired) electrons. The van der Waals surface area contributed by atoms with Gasteiger partial charge >= 0.3 is 0 Å². The Bertz CT molecular complexity index is 423. The monoisotopic (exact) mass is 388 g/mol. The summed E-state index contributed by atoms with van der Waals surface area (Å²) in [7, 11) is 2.21. The van der Waals surface area contributed by atoms with Crippen molar-refractivity contribution in [3.8, 4) is 0 Å². The van der Waals surface area contributed by atoms with Gasteiger partial charge in [0.2, 0.25) is 0 Å². The summed E-state index contributed by atoms with van der Waals surface area (Å²) in [5.41, 5.74) is 2.68. The van der Waals surface area contributed by atoms with Crippen LogP contribution in [0, 0.1) is 0 Å². The fraction of sp³-hybridized carbons (Fsp3) is 0.600. The van der Waals surface area contributed by atoms with E-state index in [0.717, 1.165) is 16.3 Å². The van der Waals surface area contributed by atoms with E-state index < -0.39 is 0 Å². The molecule has 0 bridgehead atoms. The molecule has 1 aliphatic rings. The molecule has 19 heavy (non-hydrogen) atoms. The highest BCUT2D eigenvalue weighted by molar-refractivity contribution is 9.10. The largest absolute Gasteiger partial charge is 0.373 e. The number of likely N-dealkylation sites (N-methyl/N-ethyl adjacent to an activating group) is 2. The van der Waals surface area contributed by atoms with Crippen molar-refractivity contribution in [1.82, 2.24) is 4.90 Å². The molecule has 4 heteroatoms. The lowest BCUT2D eigenvalue weighted by Crippen LogP contribution is -2.39. The minimum absolute atomic E-state index is 0.710. The minimum atomic E-state index is 0.710. The summed E-state index contributed by atoms with van der Waals surface area (Å²) in [5, 5.41) is 0.897. The highest BCUT2D eigenvalue weighted by atomic mass is 79.9.